The van der Waals surface area contributed by atoms with E-state index in [4.69, 9.17) is 10.5 Å². The van der Waals surface area contributed by atoms with Gasteiger partial charge < -0.3 is 35.8 Å². The topological polar surface area (TPSA) is 188 Å². The number of hydrogen-bond donors (Lipinski definition) is 5. The van der Waals surface area contributed by atoms with E-state index in [1.165, 1.54) is 0 Å². The van der Waals surface area contributed by atoms with Crippen LogP contribution in [0.5, 0.6) is 5.75 Å². The molecule has 0 spiro atoms. The number of phenols is 1. The van der Waals surface area contributed by atoms with Crippen LogP contribution in [0, 0.1) is 11.8 Å². The predicted molar refractivity (Wildman–Crippen MR) is 140 cm³/mol. The molecule has 0 aliphatic heterocycles. The molecule has 1 aromatic rings. The van der Waals surface area contributed by atoms with Gasteiger partial charge in [-0.05, 0) is 62.6 Å². The molecule has 11 nitrogen and oxygen atoms in total. The fourth-order valence-electron chi connectivity index (χ4n) is 6.06. The van der Waals surface area contributed by atoms with Gasteiger partial charge in [-0.2, -0.15) is 0 Å². The Kier molecular flexibility index (Phi) is 7.24. The first-order chi connectivity index (χ1) is 18.2. The Balaban J connectivity index is 1.79. The lowest BCUT2D eigenvalue weighted by atomic mass is 9.59. The van der Waals surface area contributed by atoms with Crippen LogP contribution in [0.25, 0.3) is 5.76 Å². The van der Waals surface area contributed by atoms with Crippen molar-refractivity contribution < 1.29 is 44.3 Å². The summed E-state index contributed by atoms with van der Waals surface area (Å²) in [5.41, 5.74) is 3.37. The molecule has 0 aromatic heterocycles. The minimum Gasteiger partial charge on any atom is -0.508 e. The Bertz CT molecular complexity index is 1340. The van der Waals surface area contributed by atoms with Crippen molar-refractivity contribution in [2.75, 3.05) is 19.0 Å². The van der Waals surface area contributed by atoms with Crippen molar-refractivity contribution in [1.29, 1.82) is 0 Å². The largest absolute Gasteiger partial charge is 0.508 e. The third kappa shape index (κ3) is 4.54. The smallest absolute Gasteiger partial charge is 0.306 e. The van der Waals surface area contributed by atoms with Crippen LogP contribution in [-0.4, -0.2) is 69.7 Å². The highest BCUT2D eigenvalue weighted by atomic mass is 16.5. The van der Waals surface area contributed by atoms with Gasteiger partial charge in [0.15, 0.2) is 11.4 Å². The Hall–Kier alpha value is -3.86. The number of ketones is 2. The number of carbonyl (C=O) groups is 4. The number of aliphatic hydroxyl groups is 3. The molecular weight excluding hydrogens is 508 g/mol. The zero-order chi connectivity index (χ0) is 29.0. The number of aromatic hydroxyl groups is 1. The van der Waals surface area contributed by atoms with E-state index < -0.39 is 52.0 Å². The molecule has 6 N–H and O–H groups in total. The predicted octanol–water partition coefficient (Wildman–Crippen LogP) is 1.76. The number of Topliss-reactive ketones (excluding diaryl/α,β-unsaturated/α-hetero) is 2. The molecule has 1 aromatic carbocycles. The minimum atomic E-state index is -2.61. The van der Waals surface area contributed by atoms with Crippen molar-refractivity contribution in [2.45, 2.75) is 64.1 Å². The average molecular weight is 543 g/mol. The summed E-state index contributed by atoms with van der Waals surface area (Å²) in [6.45, 7) is 3.50. The van der Waals surface area contributed by atoms with E-state index in [1.807, 2.05) is 4.90 Å². The second kappa shape index (κ2) is 10.0. The van der Waals surface area contributed by atoms with Gasteiger partial charge in [0, 0.05) is 44.1 Å². The molecule has 0 bridgehead atoms. The number of amides is 1. The average Bonchev–Trinajstić information content (AvgIpc) is 2.81. The minimum absolute atomic E-state index is 0.0353. The molecular formula is C28H34N2O9. The zero-order valence-corrected chi connectivity index (χ0v) is 22.4. The lowest BCUT2D eigenvalue weighted by Crippen LogP contribution is -2.58. The maximum Gasteiger partial charge on any atom is 0.306 e. The summed E-state index contributed by atoms with van der Waals surface area (Å²) in [7, 11) is 3.59. The molecule has 39 heavy (non-hydrogen) atoms. The number of aryl methyl sites for hydroxylation is 1. The number of aliphatic hydroxyl groups excluding tert-OH is 2. The molecule has 3 aliphatic carbocycles. The van der Waals surface area contributed by atoms with Crippen molar-refractivity contribution in [3.8, 4) is 5.75 Å². The molecule has 1 fully saturated rings. The van der Waals surface area contributed by atoms with Crippen LogP contribution < -0.4 is 10.6 Å². The lowest BCUT2D eigenvalue weighted by molar-refractivity contribution is -0.148. The summed E-state index contributed by atoms with van der Waals surface area (Å²) in [5.74, 6) is -6.96. The summed E-state index contributed by atoms with van der Waals surface area (Å²) < 4.78 is 5.16. The number of hydrogen-bond acceptors (Lipinski definition) is 10. The maximum absolute atomic E-state index is 13.7. The highest BCUT2D eigenvalue weighted by Crippen LogP contribution is 2.53. The van der Waals surface area contributed by atoms with Crippen LogP contribution in [0.3, 0.4) is 0 Å². The first kappa shape index (κ1) is 28.2. The van der Waals surface area contributed by atoms with E-state index in [2.05, 4.69) is 0 Å². The SMILES string of the molecule is CC(C)OC(=O)CCCc1cc(N(C)C)c2c(c1O)C(O)=C1C(=O)[C@]3(O)C(O)=C(C(N)=O)C(=O)C[C@@H]3C[C@@H]1C2. The summed E-state index contributed by atoms with van der Waals surface area (Å²) in [5, 5.41) is 44.7. The number of nitrogens with zero attached hydrogens (tertiary/aromatic N) is 1. The van der Waals surface area contributed by atoms with E-state index in [1.54, 1.807) is 34.0 Å². The number of carbonyl (C=O) groups excluding carboxylic acids is 4. The van der Waals surface area contributed by atoms with Crippen LogP contribution in [0.1, 0.15) is 56.2 Å². The number of benzene rings is 1. The number of ether oxygens (including phenoxy) is 1. The molecule has 0 heterocycles. The first-order valence-electron chi connectivity index (χ1n) is 12.9. The Morgan fingerprint density at radius 1 is 1.18 bits per heavy atom. The normalized spacial score (nSPS) is 24.4. The van der Waals surface area contributed by atoms with Crippen LogP contribution >= 0.6 is 0 Å². The van der Waals surface area contributed by atoms with Crippen molar-refractivity contribution in [2.24, 2.45) is 17.6 Å². The summed E-state index contributed by atoms with van der Waals surface area (Å²) in [6, 6.07) is 1.78. The fourth-order valence-corrected chi connectivity index (χ4v) is 6.06. The van der Waals surface area contributed by atoms with E-state index in [0.29, 0.717) is 23.2 Å². The summed E-state index contributed by atoms with van der Waals surface area (Å²) in [4.78, 5) is 51.8. The van der Waals surface area contributed by atoms with Crippen LogP contribution in [0.4, 0.5) is 5.69 Å². The Morgan fingerprint density at radius 2 is 1.85 bits per heavy atom. The van der Waals surface area contributed by atoms with Gasteiger partial charge in [-0.1, -0.05) is 0 Å². The Morgan fingerprint density at radius 3 is 2.44 bits per heavy atom. The van der Waals surface area contributed by atoms with Gasteiger partial charge in [0.25, 0.3) is 5.91 Å². The van der Waals surface area contributed by atoms with Crippen molar-refractivity contribution >= 4 is 34.9 Å². The standard InChI is InChI=1S/C28H34N2O9/c1-12(2)39-19(32)7-5-6-13-10-17(30(3)4)16-9-14-8-15-11-18(31)22(27(29)37)26(36)28(15,38)25(35)20(14)24(34)21(16)23(13)33/h10,12,14-15,33-34,36,38H,5-9,11H2,1-4H3,(H2,29,37)/t14-,15+,28+/m1/s1. The van der Waals surface area contributed by atoms with Gasteiger partial charge in [0.1, 0.15) is 22.8 Å². The molecule has 1 saturated carbocycles. The van der Waals surface area contributed by atoms with E-state index in [-0.39, 0.29) is 61.1 Å². The fraction of sp³-hybridized carbons (Fsp3) is 0.500. The van der Waals surface area contributed by atoms with E-state index in [9.17, 15) is 39.6 Å². The number of rotatable bonds is 7. The van der Waals surface area contributed by atoms with Gasteiger partial charge in [0.05, 0.1) is 11.7 Å². The second-order valence-electron chi connectivity index (χ2n) is 11.0. The number of primary amides is 1. The quantitative estimate of drug-likeness (QED) is 0.251. The summed E-state index contributed by atoms with van der Waals surface area (Å²) in [6.07, 6.45) is 0.448. The van der Waals surface area contributed by atoms with Crippen LogP contribution in [0.15, 0.2) is 23.0 Å². The molecule has 0 saturated heterocycles. The number of anilines is 1. The maximum atomic E-state index is 13.7. The second-order valence-corrected chi connectivity index (χ2v) is 11.0. The first-order valence-corrected chi connectivity index (χ1v) is 12.9. The zero-order valence-electron chi connectivity index (χ0n) is 22.4. The highest BCUT2D eigenvalue weighted by molar-refractivity contribution is 6.22. The molecule has 0 unspecified atom stereocenters. The van der Waals surface area contributed by atoms with E-state index in [0.717, 1.165) is 0 Å². The molecule has 3 aliphatic rings. The van der Waals surface area contributed by atoms with Gasteiger partial charge >= 0.3 is 5.97 Å². The van der Waals surface area contributed by atoms with Crippen molar-refractivity contribution in [3.05, 3.63) is 39.7 Å². The third-order valence-electron chi connectivity index (χ3n) is 7.80. The van der Waals surface area contributed by atoms with E-state index >= 15 is 0 Å². The molecule has 3 atom stereocenters. The number of fused-ring (bicyclic) bond motifs is 3. The molecule has 11 heteroatoms. The van der Waals surface area contributed by atoms with Crippen molar-refractivity contribution in [3.63, 3.8) is 0 Å². The van der Waals surface area contributed by atoms with Gasteiger partial charge in [-0.25, -0.2) is 0 Å². The molecule has 4 rings (SSSR count). The highest BCUT2D eigenvalue weighted by Gasteiger charge is 2.60. The van der Waals surface area contributed by atoms with Gasteiger partial charge in [-0.15, -0.1) is 0 Å². The molecule has 210 valence electrons. The van der Waals surface area contributed by atoms with Gasteiger partial charge in [-0.3, -0.25) is 19.2 Å². The third-order valence-corrected chi connectivity index (χ3v) is 7.80. The summed E-state index contributed by atoms with van der Waals surface area (Å²) >= 11 is 0. The number of phenolic OH excluding ortho intramolecular Hbond substituents is 1. The number of nitrogens with two attached hydrogens (primary N) is 1. The van der Waals surface area contributed by atoms with Gasteiger partial charge in [0.2, 0.25) is 5.78 Å². The Labute approximate surface area is 225 Å². The van der Waals surface area contributed by atoms with Crippen molar-refractivity contribution in [1.82, 2.24) is 0 Å². The molecule has 0 radical (unpaired) electrons. The monoisotopic (exact) mass is 542 g/mol. The molecule has 1 amide bonds. The van der Waals surface area contributed by atoms with Crippen LogP contribution in [-0.2, 0) is 36.8 Å². The lowest BCUT2D eigenvalue weighted by Gasteiger charge is -2.46. The number of esters is 1. The van der Waals surface area contributed by atoms with Crippen LogP contribution in [0.2, 0.25) is 0 Å².